The number of benzene rings is 1. The summed E-state index contributed by atoms with van der Waals surface area (Å²) in [5, 5.41) is 0. The second-order valence-corrected chi connectivity index (χ2v) is 3.93. The minimum Gasteiger partial charge on any atom is -0.335 e. The molecule has 0 fully saturated rings. The molecule has 2 rings (SSSR count). The molecule has 0 amide bonds. The number of rotatable bonds is 1. The molecule has 0 aliphatic rings. The Hall–Kier alpha value is -1.42. The van der Waals surface area contributed by atoms with Crippen molar-refractivity contribution >= 4 is 12.2 Å². The average Bonchev–Trinajstić information content (AvgIpc) is 2.50. The van der Waals surface area contributed by atoms with Crippen molar-refractivity contribution in [3.05, 3.63) is 46.2 Å². The lowest BCUT2D eigenvalue weighted by atomic mass is 10.2. The summed E-state index contributed by atoms with van der Waals surface area (Å²) in [5.74, 6) is -0.215. The molecular formula is C11H11FN2S. The smallest absolute Gasteiger partial charge is 0.181 e. The van der Waals surface area contributed by atoms with Crippen LogP contribution in [0.5, 0.6) is 0 Å². The number of hydrogen-bond donors (Lipinski definition) is 1. The topological polar surface area (TPSA) is 20.7 Å². The Morgan fingerprint density at radius 1 is 1.33 bits per heavy atom. The van der Waals surface area contributed by atoms with Crippen LogP contribution in [0.1, 0.15) is 11.3 Å². The zero-order valence-electron chi connectivity index (χ0n) is 8.54. The van der Waals surface area contributed by atoms with Gasteiger partial charge in [0.25, 0.3) is 0 Å². The first-order valence-corrected chi connectivity index (χ1v) is 5.03. The fourth-order valence-corrected chi connectivity index (χ4v) is 1.76. The summed E-state index contributed by atoms with van der Waals surface area (Å²) < 4.78 is 15.7. The van der Waals surface area contributed by atoms with Gasteiger partial charge in [-0.3, -0.25) is 4.57 Å². The van der Waals surface area contributed by atoms with Crippen molar-refractivity contribution in [1.82, 2.24) is 9.55 Å². The van der Waals surface area contributed by atoms with E-state index in [1.807, 2.05) is 19.2 Å². The van der Waals surface area contributed by atoms with Gasteiger partial charge in [-0.25, -0.2) is 4.39 Å². The van der Waals surface area contributed by atoms with Crippen LogP contribution in [0.4, 0.5) is 4.39 Å². The van der Waals surface area contributed by atoms with Crippen molar-refractivity contribution in [1.29, 1.82) is 0 Å². The molecule has 1 aromatic heterocycles. The Morgan fingerprint density at radius 2 is 2.07 bits per heavy atom. The Kier molecular flexibility index (Phi) is 2.44. The summed E-state index contributed by atoms with van der Waals surface area (Å²) in [6.07, 6.45) is 1.85. The van der Waals surface area contributed by atoms with Gasteiger partial charge in [0, 0.05) is 11.9 Å². The lowest BCUT2D eigenvalue weighted by molar-refractivity contribution is 0.617. The maximum Gasteiger partial charge on any atom is 0.181 e. The maximum atomic E-state index is 13.3. The molecule has 2 aromatic rings. The van der Waals surface area contributed by atoms with E-state index in [0.29, 0.717) is 10.3 Å². The lowest BCUT2D eigenvalue weighted by Gasteiger charge is -2.03. The number of aromatic amines is 1. The fraction of sp³-hybridized carbons (Fsp3) is 0.182. The van der Waals surface area contributed by atoms with Crippen LogP contribution in [0.2, 0.25) is 0 Å². The highest BCUT2D eigenvalue weighted by Gasteiger charge is 2.03. The van der Waals surface area contributed by atoms with Crippen molar-refractivity contribution in [3.63, 3.8) is 0 Å². The van der Waals surface area contributed by atoms with Crippen LogP contribution in [-0.2, 0) is 0 Å². The summed E-state index contributed by atoms with van der Waals surface area (Å²) in [5.41, 5.74) is 2.34. The van der Waals surface area contributed by atoms with Gasteiger partial charge in [-0.2, -0.15) is 0 Å². The van der Waals surface area contributed by atoms with E-state index in [0.717, 1.165) is 11.4 Å². The fourth-order valence-electron chi connectivity index (χ4n) is 1.44. The van der Waals surface area contributed by atoms with Gasteiger partial charge in [0.1, 0.15) is 5.82 Å². The zero-order valence-corrected chi connectivity index (χ0v) is 9.36. The van der Waals surface area contributed by atoms with Gasteiger partial charge in [-0.1, -0.05) is 6.07 Å². The van der Waals surface area contributed by atoms with Crippen LogP contribution in [0.25, 0.3) is 5.69 Å². The SMILES string of the molecule is Cc1cn(-c2ccc(C)c(F)c2)c(=S)[nH]1. The number of imidazole rings is 1. The van der Waals surface area contributed by atoms with Gasteiger partial charge in [0.2, 0.25) is 0 Å². The quantitative estimate of drug-likeness (QED) is 0.734. The molecule has 0 saturated heterocycles. The van der Waals surface area contributed by atoms with Gasteiger partial charge in [0.15, 0.2) is 4.77 Å². The van der Waals surface area contributed by atoms with E-state index in [9.17, 15) is 4.39 Å². The summed E-state index contributed by atoms with van der Waals surface area (Å²) >= 11 is 5.12. The van der Waals surface area contributed by atoms with Crippen LogP contribution in [0.3, 0.4) is 0 Å². The first-order chi connectivity index (χ1) is 7.08. The van der Waals surface area contributed by atoms with Crippen molar-refractivity contribution < 1.29 is 4.39 Å². The van der Waals surface area contributed by atoms with E-state index in [-0.39, 0.29) is 5.82 Å². The lowest BCUT2D eigenvalue weighted by Crippen LogP contribution is -1.94. The Balaban J connectivity index is 2.59. The second-order valence-electron chi connectivity index (χ2n) is 3.55. The molecule has 0 bridgehead atoms. The summed E-state index contributed by atoms with van der Waals surface area (Å²) in [6, 6.07) is 5.08. The predicted molar refractivity (Wildman–Crippen MR) is 60.4 cm³/mol. The van der Waals surface area contributed by atoms with Gasteiger partial charge in [0.05, 0.1) is 5.69 Å². The van der Waals surface area contributed by atoms with Gasteiger partial charge < -0.3 is 4.98 Å². The van der Waals surface area contributed by atoms with Crippen LogP contribution >= 0.6 is 12.2 Å². The largest absolute Gasteiger partial charge is 0.335 e. The number of halogens is 1. The van der Waals surface area contributed by atoms with Crippen LogP contribution in [-0.4, -0.2) is 9.55 Å². The van der Waals surface area contributed by atoms with E-state index >= 15 is 0 Å². The minimum atomic E-state index is -0.215. The molecule has 0 aliphatic carbocycles. The minimum absolute atomic E-state index is 0.215. The molecule has 0 spiro atoms. The second kappa shape index (κ2) is 3.62. The van der Waals surface area contributed by atoms with E-state index in [2.05, 4.69) is 4.98 Å². The summed E-state index contributed by atoms with van der Waals surface area (Å²) in [4.78, 5) is 3.00. The van der Waals surface area contributed by atoms with E-state index in [4.69, 9.17) is 12.2 Å². The van der Waals surface area contributed by atoms with Crippen molar-refractivity contribution in [2.45, 2.75) is 13.8 Å². The van der Waals surface area contributed by atoms with Crippen molar-refractivity contribution in [2.75, 3.05) is 0 Å². The number of aromatic nitrogens is 2. The highest BCUT2D eigenvalue weighted by atomic mass is 32.1. The molecule has 0 unspecified atom stereocenters. The van der Waals surface area contributed by atoms with Gasteiger partial charge in [-0.05, 0) is 43.8 Å². The van der Waals surface area contributed by atoms with E-state index < -0.39 is 0 Å². The van der Waals surface area contributed by atoms with Crippen LogP contribution in [0.15, 0.2) is 24.4 Å². The van der Waals surface area contributed by atoms with Gasteiger partial charge >= 0.3 is 0 Å². The molecule has 2 nitrogen and oxygen atoms in total. The third kappa shape index (κ3) is 1.85. The van der Waals surface area contributed by atoms with E-state index in [1.54, 1.807) is 17.6 Å². The standard InChI is InChI=1S/C11H11FN2S/c1-7-3-4-9(5-10(7)12)14-6-8(2)13-11(14)15/h3-6H,1-2H3,(H,13,15). The first-order valence-electron chi connectivity index (χ1n) is 4.63. The normalized spacial score (nSPS) is 10.6. The Bertz CT molecular complexity index is 554. The summed E-state index contributed by atoms with van der Waals surface area (Å²) in [7, 11) is 0. The number of nitrogens with one attached hydrogen (secondary N) is 1. The molecule has 4 heteroatoms. The molecule has 0 aliphatic heterocycles. The van der Waals surface area contributed by atoms with Crippen molar-refractivity contribution in [2.24, 2.45) is 0 Å². The molecule has 78 valence electrons. The number of H-pyrrole nitrogens is 1. The molecule has 0 saturated carbocycles. The highest BCUT2D eigenvalue weighted by molar-refractivity contribution is 7.71. The molecule has 0 radical (unpaired) electrons. The molecule has 0 atom stereocenters. The Labute approximate surface area is 92.4 Å². The molecule has 15 heavy (non-hydrogen) atoms. The van der Waals surface area contributed by atoms with Gasteiger partial charge in [-0.15, -0.1) is 0 Å². The average molecular weight is 222 g/mol. The first kappa shape index (κ1) is 10.1. The molecule has 1 N–H and O–H groups in total. The number of aryl methyl sites for hydroxylation is 2. The number of hydrogen-bond acceptors (Lipinski definition) is 1. The van der Waals surface area contributed by atoms with Crippen LogP contribution < -0.4 is 0 Å². The molecule has 1 aromatic carbocycles. The Morgan fingerprint density at radius 3 is 2.60 bits per heavy atom. The maximum absolute atomic E-state index is 13.3. The van der Waals surface area contributed by atoms with Crippen LogP contribution in [0, 0.1) is 24.4 Å². The van der Waals surface area contributed by atoms with E-state index in [1.165, 1.54) is 6.07 Å². The third-order valence-electron chi connectivity index (χ3n) is 2.28. The number of nitrogens with zero attached hydrogens (tertiary/aromatic N) is 1. The predicted octanol–water partition coefficient (Wildman–Crippen LogP) is 3.29. The molecular weight excluding hydrogens is 211 g/mol. The monoisotopic (exact) mass is 222 g/mol. The third-order valence-corrected chi connectivity index (χ3v) is 2.58. The molecule has 1 heterocycles. The zero-order chi connectivity index (χ0) is 11.0. The highest BCUT2D eigenvalue weighted by Crippen LogP contribution is 2.14. The van der Waals surface area contributed by atoms with Crippen molar-refractivity contribution in [3.8, 4) is 5.69 Å². The summed E-state index contributed by atoms with van der Waals surface area (Å²) in [6.45, 7) is 3.65.